The van der Waals surface area contributed by atoms with E-state index in [4.69, 9.17) is 0 Å². The molecule has 2 aromatic rings. The van der Waals surface area contributed by atoms with Crippen LogP contribution in [0.3, 0.4) is 0 Å². The first-order valence-corrected chi connectivity index (χ1v) is 6.85. The molecule has 2 atom stereocenters. The maximum absolute atomic E-state index is 3.11. The standard InChI is InChI=1S/C18H18/c1-3-8-15(9-4-1)17-12-7-13-18(14-17)16-10-5-2-6-11-16/h3-6,8-11,17-18H,7,12-14H2. The van der Waals surface area contributed by atoms with Crippen LogP contribution < -0.4 is 0 Å². The normalized spacial score (nSPS) is 23.8. The lowest BCUT2D eigenvalue weighted by atomic mass is 9.75. The Balaban J connectivity index is 1.77. The molecule has 2 aromatic carbocycles. The Hall–Kier alpha value is -1.56. The van der Waals surface area contributed by atoms with E-state index in [-0.39, 0.29) is 0 Å². The molecule has 0 amide bonds. The molecular weight excluding hydrogens is 216 g/mol. The quantitative estimate of drug-likeness (QED) is 0.704. The second-order valence-electron chi connectivity index (χ2n) is 5.23. The van der Waals surface area contributed by atoms with Crippen molar-refractivity contribution in [1.82, 2.24) is 0 Å². The summed E-state index contributed by atoms with van der Waals surface area (Å²) < 4.78 is 0. The molecule has 18 heavy (non-hydrogen) atoms. The van der Waals surface area contributed by atoms with E-state index in [1.807, 2.05) is 24.3 Å². The van der Waals surface area contributed by atoms with E-state index in [1.165, 1.54) is 36.8 Å². The summed E-state index contributed by atoms with van der Waals surface area (Å²) >= 11 is 0. The third-order valence-corrected chi connectivity index (χ3v) is 4.11. The summed E-state index contributed by atoms with van der Waals surface area (Å²) in [6.07, 6.45) is 5.29. The van der Waals surface area contributed by atoms with Gasteiger partial charge < -0.3 is 0 Å². The van der Waals surface area contributed by atoms with Crippen molar-refractivity contribution in [3.05, 3.63) is 71.8 Å². The average Bonchev–Trinajstić information content (AvgIpc) is 2.49. The van der Waals surface area contributed by atoms with Crippen molar-refractivity contribution < 1.29 is 0 Å². The van der Waals surface area contributed by atoms with Crippen molar-refractivity contribution >= 4 is 0 Å². The molecule has 2 radical (unpaired) electrons. The van der Waals surface area contributed by atoms with Gasteiger partial charge in [0, 0.05) is 0 Å². The molecule has 2 unspecified atom stereocenters. The molecule has 0 nitrogen and oxygen atoms in total. The topological polar surface area (TPSA) is 0 Å². The molecule has 0 heterocycles. The summed E-state index contributed by atoms with van der Waals surface area (Å²) in [5, 5.41) is 0. The molecule has 1 fully saturated rings. The van der Waals surface area contributed by atoms with Crippen molar-refractivity contribution in [2.45, 2.75) is 37.5 Å². The largest absolute Gasteiger partial charge is 0.0581 e. The first-order chi connectivity index (χ1) is 8.93. The van der Waals surface area contributed by atoms with Crippen LogP contribution in [-0.4, -0.2) is 0 Å². The first-order valence-electron chi connectivity index (χ1n) is 6.85. The molecule has 0 saturated heterocycles. The summed E-state index contributed by atoms with van der Waals surface area (Å²) in [5.74, 6) is 1.45. The van der Waals surface area contributed by atoms with Gasteiger partial charge >= 0.3 is 0 Å². The molecular formula is C18H18. The minimum atomic E-state index is 0.725. The number of benzene rings is 2. The molecule has 1 aliphatic rings. The van der Waals surface area contributed by atoms with Crippen molar-refractivity contribution in [3.63, 3.8) is 0 Å². The number of hydrogen-bond acceptors (Lipinski definition) is 0. The lowest BCUT2D eigenvalue weighted by Crippen LogP contribution is -2.12. The molecule has 0 aliphatic heterocycles. The third kappa shape index (κ3) is 2.48. The minimum absolute atomic E-state index is 0.725. The number of rotatable bonds is 2. The highest BCUT2D eigenvalue weighted by molar-refractivity contribution is 5.24. The zero-order valence-electron chi connectivity index (χ0n) is 10.6. The second kappa shape index (κ2) is 5.39. The van der Waals surface area contributed by atoms with Crippen molar-refractivity contribution in [3.8, 4) is 0 Å². The van der Waals surface area contributed by atoms with Gasteiger partial charge in [0.1, 0.15) is 0 Å². The Morgan fingerprint density at radius 3 is 1.61 bits per heavy atom. The highest BCUT2D eigenvalue weighted by atomic mass is 14.3. The summed E-state index contributed by atoms with van der Waals surface area (Å²) in [6.45, 7) is 0. The van der Waals surface area contributed by atoms with Gasteiger partial charge in [-0.25, -0.2) is 0 Å². The monoisotopic (exact) mass is 234 g/mol. The molecule has 0 heteroatoms. The highest BCUT2D eigenvalue weighted by Crippen LogP contribution is 2.40. The van der Waals surface area contributed by atoms with Crippen molar-refractivity contribution in [2.75, 3.05) is 0 Å². The SMILES string of the molecule is [c]1ccc(C2CCCC(c3cc[c]cc3)C2)cc1. The van der Waals surface area contributed by atoms with Gasteiger partial charge in [-0.1, -0.05) is 55.0 Å². The predicted molar refractivity (Wildman–Crippen MR) is 74.5 cm³/mol. The van der Waals surface area contributed by atoms with Crippen LogP contribution in [0.1, 0.15) is 48.6 Å². The number of hydrogen-bond donors (Lipinski definition) is 0. The zero-order valence-corrected chi connectivity index (χ0v) is 10.6. The van der Waals surface area contributed by atoms with Crippen LogP contribution >= 0.6 is 0 Å². The lowest BCUT2D eigenvalue weighted by Gasteiger charge is -2.29. The average molecular weight is 234 g/mol. The van der Waals surface area contributed by atoms with Gasteiger partial charge in [0.05, 0.1) is 0 Å². The fourth-order valence-corrected chi connectivity index (χ4v) is 3.14. The Morgan fingerprint density at radius 2 is 1.17 bits per heavy atom. The molecule has 90 valence electrons. The Kier molecular flexibility index (Phi) is 3.45. The van der Waals surface area contributed by atoms with Crippen LogP contribution in [0.4, 0.5) is 0 Å². The molecule has 0 aromatic heterocycles. The Morgan fingerprint density at radius 1 is 0.722 bits per heavy atom. The van der Waals surface area contributed by atoms with Gasteiger partial charge in [-0.05, 0) is 54.4 Å². The van der Waals surface area contributed by atoms with E-state index in [0.717, 1.165) is 11.8 Å². The smallest absolute Gasteiger partial charge is 0.0156 e. The van der Waals surface area contributed by atoms with E-state index in [1.54, 1.807) is 0 Å². The molecule has 0 spiro atoms. The maximum atomic E-state index is 3.11. The van der Waals surface area contributed by atoms with Crippen LogP contribution in [0.25, 0.3) is 0 Å². The van der Waals surface area contributed by atoms with E-state index in [0.29, 0.717) is 0 Å². The molecule has 0 bridgehead atoms. The first kappa shape index (κ1) is 11.5. The van der Waals surface area contributed by atoms with E-state index in [9.17, 15) is 0 Å². The van der Waals surface area contributed by atoms with Gasteiger partial charge in [0.15, 0.2) is 0 Å². The van der Waals surface area contributed by atoms with Crippen LogP contribution in [0.15, 0.2) is 48.5 Å². The fraction of sp³-hybridized carbons (Fsp3) is 0.333. The molecule has 1 aliphatic carbocycles. The van der Waals surface area contributed by atoms with Crippen LogP contribution in [0, 0.1) is 12.1 Å². The zero-order chi connectivity index (χ0) is 12.2. The summed E-state index contributed by atoms with van der Waals surface area (Å²) in [4.78, 5) is 0. The molecule has 1 saturated carbocycles. The van der Waals surface area contributed by atoms with Gasteiger partial charge in [0.25, 0.3) is 0 Å². The van der Waals surface area contributed by atoms with Crippen LogP contribution in [0.5, 0.6) is 0 Å². The van der Waals surface area contributed by atoms with Gasteiger partial charge in [-0.15, -0.1) is 0 Å². The Labute approximate surface area is 110 Å². The van der Waals surface area contributed by atoms with Gasteiger partial charge in [-0.3, -0.25) is 0 Å². The third-order valence-electron chi connectivity index (χ3n) is 4.11. The minimum Gasteiger partial charge on any atom is -0.0581 e. The van der Waals surface area contributed by atoms with Gasteiger partial charge in [0.2, 0.25) is 0 Å². The van der Waals surface area contributed by atoms with Gasteiger partial charge in [-0.2, -0.15) is 0 Å². The van der Waals surface area contributed by atoms with E-state index < -0.39 is 0 Å². The van der Waals surface area contributed by atoms with Crippen molar-refractivity contribution in [1.29, 1.82) is 0 Å². The van der Waals surface area contributed by atoms with E-state index >= 15 is 0 Å². The summed E-state index contributed by atoms with van der Waals surface area (Å²) in [7, 11) is 0. The molecule has 0 N–H and O–H groups in total. The van der Waals surface area contributed by atoms with Crippen molar-refractivity contribution in [2.24, 2.45) is 0 Å². The van der Waals surface area contributed by atoms with Crippen LogP contribution in [-0.2, 0) is 0 Å². The summed E-state index contributed by atoms with van der Waals surface area (Å²) in [5.41, 5.74) is 2.97. The fourth-order valence-electron chi connectivity index (χ4n) is 3.14. The Bertz CT molecular complexity index is 426. The molecule has 3 rings (SSSR count). The van der Waals surface area contributed by atoms with Crippen LogP contribution in [0.2, 0.25) is 0 Å². The second-order valence-corrected chi connectivity index (χ2v) is 5.23. The maximum Gasteiger partial charge on any atom is -0.0156 e. The predicted octanol–water partition coefficient (Wildman–Crippen LogP) is 4.73. The highest BCUT2D eigenvalue weighted by Gasteiger charge is 2.23. The summed E-state index contributed by atoms with van der Waals surface area (Å²) in [6, 6.07) is 23.3. The lowest BCUT2D eigenvalue weighted by molar-refractivity contribution is 0.394. The van der Waals surface area contributed by atoms with E-state index in [2.05, 4.69) is 36.4 Å².